The van der Waals surface area contributed by atoms with Crippen LogP contribution >= 0.6 is 0 Å². The van der Waals surface area contributed by atoms with Crippen LogP contribution in [0.15, 0.2) is 24.3 Å². The first-order valence-corrected chi connectivity index (χ1v) is 5.74. The number of hydrogen-bond acceptors (Lipinski definition) is 3. The van der Waals surface area contributed by atoms with Gasteiger partial charge in [-0.05, 0) is 18.6 Å². The maximum Gasteiger partial charge on any atom is 0.199 e. The van der Waals surface area contributed by atoms with E-state index < -0.39 is 40.5 Å². The molecule has 0 aliphatic rings. The molecular weight excluding hydrogens is 290 g/mol. The molecule has 21 heavy (non-hydrogen) atoms. The standard InChI is InChI=1S/C14H9F4NO2/c1-6-4-2-3-5-7(6)19-13-8(14(20)21)9(15)10(16)11(17)12(13)18/h2-5,19H,1H3,(H,20,21)/p-1. The van der Waals surface area contributed by atoms with E-state index in [-0.39, 0.29) is 5.69 Å². The van der Waals surface area contributed by atoms with Gasteiger partial charge in [0.25, 0.3) is 0 Å². The summed E-state index contributed by atoms with van der Waals surface area (Å²) in [7, 11) is 0. The van der Waals surface area contributed by atoms with Gasteiger partial charge in [-0.3, -0.25) is 0 Å². The second-order valence-corrected chi connectivity index (χ2v) is 4.23. The van der Waals surface area contributed by atoms with Crippen LogP contribution in [0.4, 0.5) is 28.9 Å². The van der Waals surface area contributed by atoms with E-state index in [4.69, 9.17) is 0 Å². The van der Waals surface area contributed by atoms with E-state index in [1.165, 1.54) is 6.07 Å². The Balaban J connectivity index is 2.68. The zero-order valence-electron chi connectivity index (χ0n) is 10.6. The second-order valence-electron chi connectivity index (χ2n) is 4.23. The smallest absolute Gasteiger partial charge is 0.199 e. The van der Waals surface area contributed by atoms with Gasteiger partial charge >= 0.3 is 0 Å². The fraction of sp³-hybridized carbons (Fsp3) is 0.0714. The number of nitrogens with one attached hydrogen (secondary N) is 1. The van der Waals surface area contributed by atoms with Crippen LogP contribution in [-0.4, -0.2) is 5.97 Å². The molecule has 0 saturated carbocycles. The molecule has 7 heteroatoms. The van der Waals surface area contributed by atoms with Gasteiger partial charge < -0.3 is 15.2 Å². The lowest BCUT2D eigenvalue weighted by atomic mass is 10.1. The molecule has 110 valence electrons. The number of carboxylic acid groups (broad SMARTS) is 1. The number of anilines is 2. The number of carboxylic acids is 1. The molecule has 0 saturated heterocycles. The van der Waals surface area contributed by atoms with Gasteiger partial charge in [0.2, 0.25) is 0 Å². The normalized spacial score (nSPS) is 10.5. The molecule has 0 radical (unpaired) electrons. The monoisotopic (exact) mass is 298 g/mol. The van der Waals surface area contributed by atoms with Gasteiger partial charge in [-0.2, -0.15) is 0 Å². The Labute approximate surface area is 116 Å². The largest absolute Gasteiger partial charge is 0.545 e. The number of aromatic carboxylic acids is 1. The third-order valence-electron chi connectivity index (χ3n) is 2.88. The Morgan fingerprint density at radius 3 is 2.14 bits per heavy atom. The molecule has 0 atom stereocenters. The maximum atomic E-state index is 13.7. The van der Waals surface area contributed by atoms with E-state index in [1.807, 2.05) is 0 Å². The van der Waals surface area contributed by atoms with E-state index in [0.717, 1.165) is 0 Å². The van der Waals surface area contributed by atoms with E-state index in [1.54, 1.807) is 25.1 Å². The van der Waals surface area contributed by atoms with Crippen molar-refractivity contribution in [3.63, 3.8) is 0 Å². The molecule has 0 bridgehead atoms. The predicted octanol–water partition coefficient (Wildman–Crippen LogP) is 2.66. The molecule has 2 rings (SSSR count). The van der Waals surface area contributed by atoms with Crippen molar-refractivity contribution < 1.29 is 27.5 Å². The highest BCUT2D eigenvalue weighted by Crippen LogP contribution is 2.31. The molecule has 0 aliphatic carbocycles. The number of carbonyl (C=O) groups excluding carboxylic acids is 1. The molecule has 3 nitrogen and oxygen atoms in total. The molecular formula is C14H8F4NO2-. The summed E-state index contributed by atoms with van der Waals surface area (Å²) in [6.07, 6.45) is 0. The lowest BCUT2D eigenvalue weighted by molar-refractivity contribution is -0.255. The summed E-state index contributed by atoms with van der Waals surface area (Å²) in [5.74, 6) is -10.3. The summed E-state index contributed by atoms with van der Waals surface area (Å²) < 4.78 is 53.6. The Kier molecular flexibility index (Phi) is 3.84. The molecule has 2 aromatic carbocycles. The summed E-state index contributed by atoms with van der Waals surface area (Å²) in [6, 6.07) is 6.24. The van der Waals surface area contributed by atoms with Crippen molar-refractivity contribution in [2.45, 2.75) is 6.92 Å². The number of carbonyl (C=O) groups is 1. The molecule has 0 heterocycles. The maximum absolute atomic E-state index is 13.7. The first-order chi connectivity index (χ1) is 9.84. The van der Waals surface area contributed by atoms with Crippen LogP contribution in [0.25, 0.3) is 0 Å². The summed E-state index contributed by atoms with van der Waals surface area (Å²) in [5, 5.41) is 13.1. The average Bonchev–Trinajstić information content (AvgIpc) is 2.44. The fourth-order valence-corrected chi connectivity index (χ4v) is 1.79. The molecule has 0 fully saturated rings. The van der Waals surface area contributed by atoms with Crippen LogP contribution in [0.1, 0.15) is 15.9 Å². The Bertz CT molecular complexity index is 731. The number of halogens is 4. The van der Waals surface area contributed by atoms with Crippen molar-refractivity contribution in [2.24, 2.45) is 0 Å². The van der Waals surface area contributed by atoms with E-state index >= 15 is 0 Å². The minimum absolute atomic E-state index is 0.212. The summed E-state index contributed by atoms with van der Waals surface area (Å²) >= 11 is 0. The average molecular weight is 298 g/mol. The van der Waals surface area contributed by atoms with Gasteiger partial charge in [0.05, 0.1) is 17.2 Å². The Morgan fingerprint density at radius 1 is 1.00 bits per heavy atom. The van der Waals surface area contributed by atoms with Gasteiger partial charge in [-0.25, -0.2) is 17.6 Å². The summed E-state index contributed by atoms with van der Waals surface area (Å²) in [4.78, 5) is 10.9. The van der Waals surface area contributed by atoms with Crippen molar-refractivity contribution in [2.75, 3.05) is 5.32 Å². The first-order valence-electron chi connectivity index (χ1n) is 5.74. The van der Waals surface area contributed by atoms with E-state index in [9.17, 15) is 27.5 Å². The van der Waals surface area contributed by atoms with Crippen molar-refractivity contribution in [1.82, 2.24) is 0 Å². The zero-order chi connectivity index (χ0) is 15.7. The lowest BCUT2D eigenvalue weighted by Crippen LogP contribution is -2.26. The Hall–Kier alpha value is -2.57. The topological polar surface area (TPSA) is 52.2 Å². The molecule has 0 unspecified atom stereocenters. The summed E-state index contributed by atoms with van der Waals surface area (Å²) in [6.45, 7) is 1.61. The molecule has 1 N–H and O–H groups in total. The second kappa shape index (κ2) is 5.43. The molecule has 0 spiro atoms. The number of para-hydroxylation sites is 1. The van der Waals surface area contributed by atoms with Gasteiger partial charge in [-0.1, -0.05) is 18.2 Å². The minimum atomic E-state index is -2.21. The Morgan fingerprint density at radius 2 is 1.57 bits per heavy atom. The molecule has 2 aromatic rings. The first kappa shape index (κ1) is 14.8. The van der Waals surface area contributed by atoms with Gasteiger partial charge in [-0.15, -0.1) is 0 Å². The van der Waals surface area contributed by atoms with Crippen LogP contribution in [0.5, 0.6) is 0 Å². The van der Waals surface area contributed by atoms with Crippen molar-refractivity contribution in [3.05, 3.63) is 58.7 Å². The van der Waals surface area contributed by atoms with Crippen LogP contribution in [-0.2, 0) is 0 Å². The van der Waals surface area contributed by atoms with Gasteiger partial charge in [0.1, 0.15) is 0 Å². The van der Waals surface area contributed by atoms with Crippen LogP contribution in [0.2, 0.25) is 0 Å². The number of rotatable bonds is 3. The number of benzene rings is 2. The van der Waals surface area contributed by atoms with Gasteiger partial charge in [0.15, 0.2) is 23.3 Å². The van der Waals surface area contributed by atoms with Crippen molar-refractivity contribution in [3.8, 4) is 0 Å². The van der Waals surface area contributed by atoms with E-state index in [0.29, 0.717) is 5.56 Å². The van der Waals surface area contributed by atoms with E-state index in [2.05, 4.69) is 5.32 Å². The van der Waals surface area contributed by atoms with Crippen LogP contribution in [0, 0.1) is 30.2 Å². The fourth-order valence-electron chi connectivity index (χ4n) is 1.79. The van der Waals surface area contributed by atoms with Crippen LogP contribution in [0.3, 0.4) is 0 Å². The van der Waals surface area contributed by atoms with Crippen LogP contribution < -0.4 is 10.4 Å². The number of hydrogen-bond donors (Lipinski definition) is 1. The molecule has 0 aliphatic heterocycles. The quantitative estimate of drug-likeness (QED) is 0.538. The highest BCUT2D eigenvalue weighted by Gasteiger charge is 2.26. The molecule has 0 aromatic heterocycles. The predicted molar refractivity (Wildman–Crippen MR) is 65.1 cm³/mol. The zero-order valence-corrected chi connectivity index (χ0v) is 10.6. The SMILES string of the molecule is Cc1ccccc1Nc1c(F)c(F)c(F)c(F)c1C(=O)[O-]. The lowest BCUT2D eigenvalue weighted by Gasteiger charge is -2.17. The highest BCUT2D eigenvalue weighted by molar-refractivity contribution is 5.94. The number of aryl methyl sites for hydroxylation is 1. The third kappa shape index (κ3) is 2.54. The van der Waals surface area contributed by atoms with Crippen molar-refractivity contribution >= 4 is 17.3 Å². The summed E-state index contributed by atoms with van der Waals surface area (Å²) in [5.41, 5.74) is -1.66. The van der Waals surface area contributed by atoms with Gasteiger partial charge in [0, 0.05) is 5.69 Å². The van der Waals surface area contributed by atoms with Crippen molar-refractivity contribution in [1.29, 1.82) is 0 Å². The third-order valence-corrected chi connectivity index (χ3v) is 2.88. The highest BCUT2D eigenvalue weighted by atomic mass is 19.2. The minimum Gasteiger partial charge on any atom is -0.545 e. The molecule has 0 amide bonds.